The number of hydrogen-bond acceptors (Lipinski definition) is 6. The van der Waals surface area contributed by atoms with Crippen LogP contribution in [-0.2, 0) is 26.5 Å². The standard InChI is InChI=1S/C17H19BrN2O6S2/c1-19-27(21,22)12-4-5-14-11(8-12)6-7-20(14)28(23,24)17-10-16(26-3)15(25-2)9-13(17)18/h4-5,8-10,19H,6-7H2,1-3H3. The largest absolute Gasteiger partial charge is 0.493 e. The van der Waals surface area contributed by atoms with Crippen molar-refractivity contribution in [2.75, 3.05) is 32.1 Å². The second-order valence-electron chi connectivity index (χ2n) is 5.96. The average Bonchev–Trinajstić information content (AvgIpc) is 3.11. The Hall–Kier alpha value is -1.82. The molecule has 0 saturated carbocycles. The number of ether oxygens (including phenoxy) is 2. The predicted molar refractivity (Wildman–Crippen MR) is 108 cm³/mol. The Labute approximate surface area is 172 Å². The molecular weight excluding hydrogens is 472 g/mol. The number of benzene rings is 2. The Morgan fingerprint density at radius 1 is 1.04 bits per heavy atom. The van der Waals surface area contributed by atoms with Crippen molar-refractivity contribution in [3.8, 4) is 11.5 Å². The third kappa shape index (κ3) is 3.47. The van der Waals surface area contributed by atoms with Crippen LogP contribution in [0.25, 0.3) is 0 Å². The maximum absolute atomic E-state index is 13.3. The number of nitrogens with one attached hydrogen (secondary N) is 1. The summed E-state index contributed by atoms with van der Waals surface area (Å²) in [6, 6.07) is 7.34. The number of rotatable bonds is 6. The lowest BCUT2D eigenvalue weighted by molar-refractivity contribution is 0.353. The van der Waals surface area contributed by atoms with Gasteiger partial charge >= 0.3 is 0 Å². The summed E-state index contributed by atoms with van der Waals surface area (Å²) in [6.45, 7) is 0.210. The van der Waals surface area contributed by atoms with Crippen molar-refractivity contribution in [3.63, 3.8) is 0 Å². The summed E-state index contributed by atoms with van der Waals surface area (Å²) in [5, 5.41) is 0. The Morgan fingerprint density at radius 3 is 2.29 bits per heavy atom. The van der Waals surface area contributed by atoms with Crippen molar-refractivity contribution >= 4 is 41.7 Å². The summed E-state index contributed by atoms with van der Waals surface area (Å²) >= 11 is 3.29. The highest BCUT2D eigenvalue weighted by Crippen LogP contribution is 2.40. The second-order valence-corrected chi connectivity index (χ2v) is 10.5. The monoisotopic (exact) mass is 490 g/mol. The van der Waals surface area contributed by atoms with Crippen molar-refractivity contribution in [3.05, 3.63) is 40.4 Å². The highest BCUT2D eigenvalue weighted by atomic mass is 79.9. The number of fused-ring (bicyclic) bond motifs is 1. The molecule has 0 bridgehead atoms. The topological polar surface area (TPSA) is 102 Å². The van der Waals surface area contributed by atoms with Gasteiger partial charge in [0.05, 0.1) is 24.8 Å². The van der Waals surface area contributed by atoms with Crippen LogP contribution in [0.15, 0.2) is 44.6 Å². The van der Waals surface area contributed by atoms with Gasteiger partial charge in [0.1, 0.15) is 4.90 Å². The number of sulfonamides is 2. The van der Waals surface area contributed by atoms with Gasteiger partial charge in [0.2, 0.25) is 10.0 Å². The minimum atomic E-state index is -3.91. The lowest BCUT2D eigenvalue weighted by Crippen LogP contribution is -2.29. The van der Waals surface area contributed by atoms with Crippen LogP contribution in [0.5, 0.6) is 11.5 Å². The van der Waals surface area contributed by atoms with Gasteiger partial charge in [0.15, 0.2) is 11.5 Å². The normalized spacial score (nSPS) is 14.1. The SMILES string of the molecule is CNS(=O)(=O)c1ccc2c(c1)CCN2S(=O)(=O)c1cc(OC)c(OC)cc1Br. The first-order valence-electron chi connectivity index (χ1n) is 8.16. The summed E-state index contributed by atoms with van der Waals surface area (Å²) in [6.07, 6.45) is 0.409. The number of halogens is 1. The highest BCUT2D eigenvalue weighted by Gasteiger charge is 2.34. The summed E-state index contributed by atoms with van der Waals surface area (Å²) < 4.78 is 64.9. The molecule has 28 heavy (non-hydrogen) atoms. The highest BCUT2D eigenvalue weighted by molar-refractivity contribution is 9.10. The van der Waals surface area contributed by atoms with Gasteiger partial charge in [-0.25, -0.2) is 21.6 Å². The van der Waals surface area contributed by atoms with Crippen molar-refractivity contribution in [2.45, 2.75) is 16.2 Å². The average molecular weight is 491 g/mol. The van der Waals surface area contributed by atoms with Crippen LogP contribution in [0.2, 0.25) is 0 Å². The van der Waals surface area contributed by atoms with E-state index in [0.717, 1.165) is 0 Å². The van der Waals surface area contributed by atoms with E-state index in [1.807, 2.05) is 0 Å². The smallest absolute Gasteiger partial charge is 0.265 e. The zero-order chi connectivity index (χ0) is 20.7. The quantitative estimate of drug-likeness (QED) is 0.665. The van der Waals surface area contributed by atoms with Crippen LogP contribution in [-0.4, -0.2) is 44.6 Å². The molecule has 0 aliphatic carbocycles. The Balaban J connectivity index is 2.07. The molecule has 8 nitrogen and oxygen atoms in total. The fourth-order valence-electron chi connectivity index (χ4n) is 3.03. The summed E-state index contributed by atoms with van der Waals surface area (Å²) in [4.78, 5) is 0.130. The van der Waals surface area contributed by atoms with E-state index in [1.54, 1.807) is 0 Å². The molecule has 3 rings (SSSR count). The van der Waals surface area contributed by atoms with Crippen molar-refractivity contribution < 1.29 is 26.3 Å². The summed E-state index contributed by atoms with van der Waals surface area (Å²) in [5.41, 5.74) is 1.10. The Bertz CT molecular complexity index is 1130. The van der Waals surface area contributed by atoms with Crippen LogP contribution >= 0.6 is 15.9 Å². The van der Waals surface area contributed by atoms with Gasteiger partial charge in [-0.3, -0.25) is 4.31 Å². The fraction of sp³-hybridized carbons (Fsp3) is 0.294. The maximum atomic E-state index is 13.3. The minimum Gasteiger partial charge on any atom is -0.493 e. The zero-order valence-electron chi connectivity index (χ0n) is 15.4. The minimum absolute atomic E-state index is 0.0323. The molecule has 11 heteroatoms. The number of nitrogens with zero attached hydrogens (tertiary/aromatic N) is 1. The van der Waals surface area contributed by atoms with Crippen molar-refractivity contribution in [1.82, 2.24) is 4.72 Å². The first-order valence-corrected chi connectivity index (χ1v) is 11.9. The number of anilines is 1. The number of hydrogen-bond donors (Lipinski definition) is 1. The molecule has 1 aliphatic rings. The molecule has 0 aromatic heterocycles. The van der Waals surface area contributed by atoms with Crippen LogP contribution in [0.4, 0.5) is 5.69 Å². The van der Waals surface area contributed by atoms with E-state index in [1.165, 1.54) is 55.9 Å². The lowest BCUT2D eigenvalue weighted by Gasteiger charge is -2.21. The molecule has 2 aromatic carbocycles. The van der Waals surface area contributed by atoms with E-state index >= 15 is 0 Å². The molecule has 2 aromatic rings. The molecule has 1 N–H and O–H groups in total. The van der Waals surface area contributed by atoms with E-state index in [0.29, 0.717) is 33.6 Å². The molecule has 0 atom stereocenters. The summed E-state index contributed by atoms with van der Waals surface area (Å²) in [5.74, 6) is 0.691. The van der Waals surface area contributed by atoms with E-state index in [9.17, 15) is 16.8 Å². The van der Waals surface area contributed by atoms with Crippen LogP contribution in [0.3, 0.4) is 0 Å². The first kappa shape index (κ1) is 20.9. The molecule has 1 aliphatic heterocycles. The van der Waals surface area contributed by atoms with Gasteiger partial charge in [-0.15, -0.1) is 0 Å². The third-order valence-electron chi connectivity index (χ3n) is 4.49. The van der Waals surface area contributed by atoms with E-state index in [-0.39, 0.29) is 16.3 Å². The molecule has 0 unspecified atom stereocenters. The predicted octanol–water partition coefficient (Wildman–Crippen LogP) is 2.13. The first-order chi connectivity index (χ1) is 13.2. The van der Waals surface area contributed by atoms with Gasteiger partial charge in [-0.1, -0.05) is 0 Å². The van der Waals surface area contributed by atoms with Crippen LogP contribution < -0.4 is 18.5 Å². The maximum Gasteiger partial charge on any atom is 0.265 e. The molecule has 0 saturated heterocycles. The molecule has 1 heterocycles. The third-order valence-corrected chi connectivity index (χ3v) is 8.67. The molecule has 0 spiro atoms. The Morgan fingerprint density at radius 2 is 1.68 bits per heavy atom. The molecule has 0 radical (unpaired) electrons. The van der Waals surface area contributed by atoms with Gasteiger partial charge < -0.3 is 9.47 Å². The van der Waals surface area contributed by atoms with E-state index < -0.39 is 20.0 Å². The summed E-state index contributed by atoms with van der Waals surface area (Å²) in [7, 11) is -3.29. The van der Waals surface area contributed by atoms with Gasteiger partial charge in [0.25, 0.3) is 10.0 Å². The van der Waals surface area contributed by atoms with Gasteiger partial charge in [0, 0.05) is 17.1 Å². The van der Waals surface area contributed by atoms with E-state index in [4.69, 9.17) is 9.47 Å². The molecule has 152 valence electrons. The van der Waals surface area contributed by atoms with Crippen LogP contribution in [0, 0.1) is 0 Å². The molecule has 0 fully saturated rings. The molecule has 0 amide bonds. The molecular formula is C17H19BrN2O6S2. The number of methoxy groups -OCH3 is 2. The lowest BCUT2D eigenvalue weighted by atomic mass is 10.2. The van der Waals surface area contributed by atoms with Crippen molar-refractivity contribution in [1.29, 1.82) is 0 Å². The van der Waals surface area contributed by atoms with Crippen LogP contribution in [0.1, 0.15) is 5.56 Å². The fourth-order valence-corrected chi connectivity index (χ4v) is 6.32. The van der Waals surface area contributed by atoms with Gasteiger partial charge in [-0.05, 0) is 59.2 Å². The zero-order valence-corrected chi connectivity index (χ0v) is 18.6. The van der Waals surface area contributed by atoms with E-state index in [2.05, 4.69) is 20.7 Å². The Kier molecular flexibility index (Phi) is 5.63. The second kappa shape index (κ2) is 7.54. The van der Waals surface area contributed by atoms with Crippen molar-refractivity contribution in [2.24, 2.45) is 0 Å². The van der Waals surface area contributed by atoms with Gasteiger partial charge in [-0.2, -0.15) is 0 Å².